The molecule has 7 heteroatoms. The predicted octanol–water partition coefficient (Wildman–Crippen LogP) is 2.20. The van der Waals surface area contributed by atoms with Crippen LogP contribution in [0.25, 0.3) is 10.9 Å². The molecule has 5 rings (SSSR count). The molecule has 0 radical (unpaired) electrons. The second-order valence-corrected chi connectivity index (χ2v) is 7.62. The quantitative estimate of drug-likeness (QED) is 0.342. The number of carbonyl (C=O) groups is 2. The molecule has 7 nitrogen and oxygen atoms in total. The third-order valence-corrected chi connectivity index (χ3v) is 5.95. The van der Waals surface area contributed by atoms with Crippen molar-refractivity contribution in [3.8, 4) is 11.5 Å². The van der Waals surface area contributed by atoms with E-state index in [1.54, 1.807) is 30.5 Å². The van der Waals surface area contributed by atoms with Gasteiger partial charge in [0.25, 0.3) is 0 Å². The monoisotopic (exact) mass is 391 g/mol. The number of hydrogen-bond acceptors (Lipinski definition) is 6. The molecule has 2 aliphatic rings. The third-order valence-electron chi connectivity index (χ3n) is 5.95. The molecule has 0 saturated carbocycles. The lowest BCUT2D eigenvalue weighted by atomic mass is 9.82. The molecule has 0 amide bonds. The van der Waals surface area contributed by atoms with Gasteiger partial charge in [0.1, 0.15) is 5.75 Å². The normalized spacial score (nSPS) is 16.8. The van der Waals surface area contributed by atoms with Crippen molar-refractivity contribution in [1.82, 2.24) is 15.6 Å². The van der Waals surface area contributed by atoms with E-state index in [0.29, 0.717) is 18.0 Å². The molecule has 1 aliphatic carbocycles. The molecule has 0 unspecified atom stereocenters. The van der Waals surface area contributed by atoms with Crippen LogP contribution in [0.2, 0.25) is 0 Å². The van der Waals surface area contributed by atoms with E-state index in [2.05, 4.69) is 15.6 Å². The Morgan fingerprint density at radius 1 is 0.966 bits per heavy atom. The van der Waals surface area contributed by atoms with Crippen molar-refractivity contribution in [3.05, 3.63) is 58.3 Å². The van der Waals surface area contributed by atoms with Crippen molar-refractivity contribution in [3.63, 3.8) is 0 Å². The smallest absolute Gasteiger partial charge is 0.198 e. The average molecular weight is 391 g/mol. The van der Waals surface area contributed by atoms with Crippen LogP contribution in [0.3, 0.4) is 0 Å². The van der Waals surface area contributed by atoms with Crippen LogP contribution < -0.4 is 10.6 Å². The van der Waals surface area contributed by atoms with E-state index in [1.165, 1.54) is 0 Å². The molecule has 0 bridgehead atoms. The van der Waals surface area contributed by atoms with Crippen LogP contribution in [0.1, 0.15) is 50.2 Å². The minimum atomic E-state index is -0.464. The molecule has 0 atom stereocenters. The maximum Gasteiger partial charge on any atom is 0.198 e. The Bertz CT molecular complexity index is 1160. The van der Waals surface area contributed by atoms with Crippen molar-refractivity contribution >= 4 is 22.5 Å². The van der Waals surface area contributed by atoms with Gasteiger partial charge in [-0.05, 0) is 31.5 Å². The largest absolute Gasteiger partial charge is 0.506 e. The molecule has 1 aliphatic heterocycles. The first-order valence-corrected chi connectivity index (χ1v) is 9.78. The number of H-pyrrole nitrogens is 1. The highest BCUT2D eigenvalue weighted by Gasteiger charge is 2.36. The highest BCUT2D eigenvalue weighted by molar-refractivity contribution is 6.32. The second kappa shape index (κ2) is 6.72. The molecule has 5 N–H and O–H groups in total. The first-order chi connectivity index (χ1) is 14.1. The summed E-state index contributed by atoms with van der Waals surface area (Å²) < 4.78 is 0. The summed E-state index contributed by atoms with van der Waals surface area (Å²) in [7, 11) is 0. The third kappa shape index (κ3) is 2.66. The van der Waals surface area contributed by atoms with Gasteiger partial charge in [0, 0.05) is 29.9 Å². The fraction of sp³-hybridized carbons (Fsp3) is 0.273. The van der Waals surface area contributed by atoms with Gasteiger partial charge in [-0.15, -0.1) is 0 Å². The Balaban J connectivity index is 1.62. The van der Waals surface area contributed by atoms with Gasteiger partial charge in [-0.25, -0.2) is 0 Å². The summed E-state index contributed by atoms with van der Waals surface area (Å²) in [6.07, 6.45) is 3.73. The topological polar surface area (TPSA) is 114 Å². The lowest BCUT2D eigenvalue weighted by molar-refractivity contribution is 0.0974. The van der Waals surface area contributed by atoms with E-state index in [9.17, 15) is 19.8 Å². The molecule has 1 aromatic heterocycles. The van der Waals surface area contributed by atoms with Gasteiger partial charge in [-0.1, -0.05) is 24.3 Å². The molecule has 1 fully saturated rings. The van der Waals surface area contributed by atoms with E-state index in [0.717, 1.165) is 31.5 Å². The van der Waals surface area contributed by atoms with Gasteiger partial charge in [-0.2, -0.15) is 0 Å². The van der Waals surface area contributed by atoms with Gasteiger partial charge >= 0.3 is 0 Å². The highest BCUT2D eigenvalue weighted by atomic mass is 16.3. The fourth-order valence-electron chi connectivity index (χ4n) is 4.42. The standard InChI is InChI=1S/C22H21N3O4/c26-19-13-3-1-2-4-14(13)20(27)17-16(19)21(28)15-11(10-25-18(15)22(17)29)9-24-12-5-7-23-8-6-12/h1-4,10,12,23-25,28-29H,5-9H2. The first-order valence-electron chi connectivity index (χ1n) is 9.78. The minimum absolute atomic E-state index is 0.124. The number of ketones is 2. The summed E-state index contributed by atoms with van der Waals surface area (Å²) in [4.78, 5) is 29.0. The van der Waals surface area contributed by atoms with Crippen LogP contribution in [0.5, 0.6) is 11.5 Å². The summed E-state index contributed by atoms with van der Waals surface area (Å²) in [5.41, 5.74) is 1.22. The average Bonchev–Trinajstić information content (AvgIpc) is 3.18. The maximum atomic E-state index is 13.1. The number of fused-ring (bicyclic) bond motifs is 3. The fourth-order valence-corrected chi connectivity index (χ4v) is 4.42. The number of benzene rings is 2. The van der Waals surface area contributed by atoms with Crippen LogP contribution in [0, 0.1) is 0 Å². The van der Waals surface area contributed by atoms with E-state index < -0.39 is 11.6 Å². The van der Waals surface area contributed by atoms with Crippen LogP contribution >= 0.6 is 0 Å². The van der Waals surface area contributed by atoms with Crippen molar-refractivity contribution in [2.75, 3.05) is 13.1 Å². The zero-order valence-electron chi connectivity index (χ0n) is 15.7. The highest BCUT2D eigenvalue weighted by Crippen LogP contribution is 2.45. The van der Waals surface area contributed by atoms with E-state index in [-0.39, 0.29) is 39.3 Å². The first kappa shape index (κ1) is 17.9. The molecule has 3 aromatic rings. The molecule has 2 heterocycles. The van der Waals surface area contributed by atoms with Crippen LogP contribution in [0.4, 0.5) is 0 Å². The summed E-state index contributed by atoms with van der Waals surface area (Å²) in [5.74, 6) is -1.48. The summed E-state index contributed by atoms with van der Waals surface area (Å²) in [6.45, 7) is 2.40. The van der Waals surface area contributed by atoms with Crippen LogP contribution in [-0.4, -0.2) is 45.9 Å². The molecular formula is C22H21N3O4. The van der Waals surface area contributed by atoms with E-state index >= 15 is 0 Å². The number of aromatic nitrogens is 1. The van der Waals surface area contributed by atoms with Gasteiger partial charge in [0.05, 0.1) is 22.0 Å². The van der Waals surface area contributed by atoms with Crippen molar-refractivity contribution < 1.29 is 19.8 Å². The Labute approximate surface area is 166 Å². The summed E-state index contributed by atoms with van der Waals surface area (Å²) >= 11 is 0. The number of piperidine rings is 1. The number of phenols is 2. The molecule has 29 heavy (non-hydrogen) atoms. The van der Waals surface area contributed by atoms with Gasteiger partial charge in [0.2, 0.25) is 0 Å². The number of phenolic OH excluding ortho intramolecular Hbond substituents is 2. The summed E-state index contributed by atoms with van der Waals surface area (Å²) in [6, 6.07) is 6.83. The zero-order chi connectivity index (χ0) is 20.1. The Kier molecular flexibility index (Phi) is 4.15. The van der Waals surface area contributed by atoms with Crippen molar-refractivity contribution in [1.29, 1.82) is 0 Å². The summed E-state index contributed by atoms with van der Waals surface area (Å²) in [5, 5.41) is 29.0. The van der Waals surface area contributed by atoms with Crippen LogP contribution in [-0.2, 0) is 6.54 Å². The molecule has 0 spiro atoms. The Morgan fingerprint density at radius 2 is 1.59 bits per heavy atom. The van der Waals surface area contributed by atoms with Gasteiger partial charge in [-0.3, -0.25) is 9.59 Å². The number of rotatable bonds is 3. The minimum Gasteiger partial charge on any atom is -0.506 e. The number of nitrogens with one attached hydrogen (secondary N) is 3. The van der Waals surface area contributed by atoms with E-state index in [4.69, 9.17) is 0 Å². The van der Waals surface area contributed by atoms with Gasteiger partial charge < -0.3 is 25.8 Å². The predicted molar refractivity (Wildman–Crippen MR) is 108 cm³/mol. The van der Waals surface area contributed by atoms with Crippen molar-refractivity contribution in [2.45, 2.75) is 25.4 Å². The number of aromatic amines is 1. The number of hydrogen-bond donors (Lipinski definition) is 5. The molecular weight excluding hydrogens is 370 g/mol. The SMILES string of the molecule is O=C1c2ccccc2C(=O)c2c1c(O)c1[nH]cc(CNC3CCNCC3)c1c2O. The zero-order valence-corrected chi connectivity index (χ0v) is 15.7. The lowest BCUT2D eigenvalue weighted by Gasteiger charge is -2.24. The Hall–Kier alpha value is -3.16. The van der Waals surface area contributed by atoms with Crippen LogP contribution in [0.15, 0.2) is 30.5 Å². The maximum absolute atomic E-state index is 13.1. The number of aromatic hydroxyl groups is 2. The molecule has 148 valence electrons. The molecule has 2 aromatic carbocycles. The number of carbonyl (C=O) groups excluding carboxylic acids is 2. The van der Waals surface area contributed by atoms with E-state index in [1.807, 2.05) is 0 Å². The van der Waals surface area contributed by atoms with Gasteiger partial charge in [0.15, 0.2) is 17.3 Å². The molecule has 1 saturated heterocycles. The van der Waals surface area contributed by atoms with Crippen molar-refractivity contribution in [2.24, 2.45) is 0 Å². The lowest BCUT2D eigenvalue weighted by Crippen LogP contribution is -2.39. The second-order valence-electron chi connectivity index (χ2n) is 7.62. The Morgan fingerprint density at radius 3 is 2.24 bits per heavy atom.